The lowest BCUT2D eigenvalue weighted by Gasteiger charge is -2.12. The topological polar surface area (TPSA) is 80.2 Å². The van der Waals surface area contributed by atoms with E-state index >= 15 is 0 Å². The summed E-state index contributed by atoms with van der Waals surface area (Å²) >= 11 is 3.31. The largest absolute Gasteiger partial charge is 0.504 e. The minimum absolute atomic E-state index is 0.101. The molecule has 0 spiro atoms. The number of phenolic OH excluding ortho intramolecular Hbond substituents is 1. The molecule has 0 aromatic heterocycles. The fourth-order valence-electron chi connectivity index (χ4n) is 2.06. The van der Waals surface area contributed by atoms with Crippen LogP contribution in [-0.4, -0.2) is 30.9 Å². The van der Waals surface area contributed by atoms with Crippen LogP contribution in [0.3, 0.4) is 0 Å². The number of amides is 1. The first kappa shape index (κ1) is 17.8. The standard InChI is InChI=1S/C17H17BrN2O4/c1-10(13-8-9-14(23-2)16(24-3)15(13)21)19-20-17(22)11-4-6-12(18)7-5-11/h4-9,21H,1-3H3,(H,20,22)/b19-10+. The van der Waals surface area contributed by atoms with Gasteiger partial charge in [0.1, 0.15) is 0 Å². The van der Waals surface area contributed by atoms with Crippen molar-refractivity contribution in [3.05, 3.63) is 52.0 Å². The summed E-state index contributed by atoms with van der Waals surface area (Å²) in [5.74, 6) is 0.173. The molecule has 0 radical (unpaired) electrons. The van der Waals surface area contributed by atoms with Gasteiger partial charge in [-0.25, -0.2) is 5.43 Å². The lowest BCUT2D eigenvalue weighted by Crippen LogP contribution is -2.19. The number of phenols is 1. The van der Waals surface area contributed by atoms with E-state index in [0.717, 1.165) is 4.47 Å². The van der Waals surface area contributed by atoms with Gasteiger partial charge in [0.05, 0.1) is 19.9 Å². The third-order valence-electron chi connectivity index (χ3n) is 3.34. The van der Waals surface area contributed by atoms with Gasteiger partial charge < -0.3 is 14.6 Å². The van der Waals surface area contributed by atoms with Gasteiger partial charge in [0.25, 0.3) is 5.91 Å². The van der Waals surface area contributed by atoms with Crippen molar-refractivity contribution in [1.82, 2.24) is 5.43 Å². The van der Waals surface area contributed by atoms with Gasteiger partial charge in [-0.3, -0.25) is 4.79 Å². The Kier molecular flexibility index (Phi) is 5.81. The van der Waals surface area contributed by atoms with E-state index in [1.165, 1.54) is 14.2 Å². The molecule has 0 aliphatic heterocycles. The first-order chi connectivity index (χ1) is 11.5. The second-order valence-electron chi connectivity index (χ2n) is 4.84. The van der Waals surface area contributed by atoms with Gasteiger partial charge in [0.2, 0.25) is 5.75 Å². The fourth-order valence-corrected chi connectivity index (χ4v) is 2.33. The van der Waals surface area contributed by atoms with Crippen LogP contribution in [-0.2, 0) is 0 Å². The molecule has 2 aromatic carbocycles. The fraction of sp³-hybridized carbons (Fsp3) is 0.176. The Morgan fingerprint density at radius 3 is 2.38 bits per heavy atom. The molecule has 0 saturated heterocycles. The van der Waals surface area contributed by atoms with E-state index in [1.807, 2.05) is 0 Å². The molecule has 0 fully saturated rings. The molecule has 7 heteroatoms. The van der Waals surface area contributed by atoms with Crippen molar-refractivity contribution in [3.8, 4) is 17.2 Å². The number of aromatic hydroxyl groups is 1. The van der Waals surface area contributed by atoms with Gasteiger partial charge in [-0.05, 0) is 43.3 Å². The molecule has 0 unspecified atom stereocenters. The molecular weight excluding hydrogens is 376 g/mol. The van der Waals surface area contributed by atoms with Crippen molar-refractivity contribution in [1.29, 1.82) is 0 Å². The van der Waals surface area contributed by atoms with E-state index in [-0.39, 0.29) is 17.4 Å². The molecule has 0 aliphatic carbocycles. The average Bonchev–Trinajstić information content (AvgIpc) is 2.59. The summed E-state index contributed by atoms with van der Waals surface area (Å²) in [5, 5.41) is 14.3. The quantitative estimate of drug-likeness (QED) is 0.603. The van der Waals surface area contributed by atoms with E-state index in [0.29, 0.717) is 22.6 Å². The highest BCUT2D eigenvalue weighted by molar-refractivity contribution is 9.10. The van der Waals surface area contributed by atoms with E-state index in [9.17, 15) is 9.90 Å². The third-order valence-corrected chi connectivity index (χ3v) is 3.87. The highest BCUT2D eigenvalue weighted by Crippen LogP contribution is 2.39. The number of rotatable bonds is 5. The SMILES string of the molecule is COc1ccc(/C(C)=N/NC(=O)c2ccc(Br)cc2)c(O)c1OC. The Bertz CT molecular complexity index is 773. The zero-order valence-electron chi connectivity index (χ0n) is 13.5. The van der Waals surface area contributed by atoms with Crippen LogP contribution in [0.15, 0.2) is 46.0 Å². The summed E-state index contributed by atoms with van der Waals surface area (Å²) in [6.07, 6.45) is 0. The lowest BCUT2D eigenvalue weighted by molar-refractivity contribution is 0.0955. The number of nitrogens with zero attached hydrogens (tertiary/aromatic N) is 1. The Balaban J connectivity index is 2.22. The van der Waals surface area contributed by atoms with Crippen LogP contribution in [0.25, 0.3) is 0 Å². The van der Waals surface area contributed by atoms with Crippen LogP contribution in [0.1, 0.15) is 22.8 Å². The van der Waals surface area contributed by atoms with Gasteiger partial charge in [-0.1, -0.05) is 15.9 Å². The summed E-state index contributed by atoms with van der Waals surface area (Å²) in [6.45, 7) is 1.67. The molecule has 1 amide bonds. The normalized spacial score (nSPS) is 11.1. The summed E-state index contributed by atoms with van der Waals surface area (Å²) in [5.41, 5.74) is 3.80. The monoisotopic (exact) mass is 392 g/mol. The van der Waals surface area contributed by atoms with Gasteiger partial charge in [-0.15, -0.1) is 0 Å². The molecule has 0 aliphatic rings. The molecule has 2 rings (SSSR count). The van der Waals surface area contributed by atoms with Gasteiger partial charge in [0, 0.05) is 15.6 Å². The number of carbonyl (C=O) groups is 1. The van der Waals surface area contributed by atoms with Crippen LogP contribution in [0.4, 0.5) is 0 Å². The average molecular weight is 393 g/mol. The molecule has 0 bridgehead atoms. The molecule has 6 nitrogen and oxygen atoms in total. The molecular formula is C17H17BrN2O4. The van der Waals surface area contributed by atoms with Crippen LogP contribution in [0.2, 0.25) is 0 Å². The van der Waals surface area contributed by atoms with Crippen molar-refractivity contribution in [2.45, 2.75) is 6.92 Å². The van der Waals surface area contributed by atoms with Gasteiger partial charge in [0.15, 0.2) is 11.5 Å². The van der Waals surface area contributed by atoms with Gasteiger partial charge in [-0.2, -0.15) is 5.10 Å². The highest BCUT2D eigenvalue weighted by atomic mass is 79.9. The molecule has 126 valence electrons. The predicted octanol–water partition coefficient (Wildman–Crippen LogP) is 3.33. The van der Waals surface area contributed by atoms with E-state index < -0.39 is 0 Å². The van der Waals surface area contributed by atoms with Crippen LogP contribution in [0, 0.1) is 0 Å². The molecule has 0 heterocycles. The maximum absolute atomic E-state index is 12.1. The zero-order chi connectivity index (χ0) is 17.7. The number of methoxy groups -OCH3 is 2. The smallest absolute Gasteiger partial charge is 0.271 e. The van der Waals surface area contributed by atoms with E-state index in [1.54, 1.807) is 43.3 Å². The van der Waals surface area contributed by atoms with Crippen molar-refractivity contribution >= 4 is 27.5 Å². The number of nitrogens with one attached hydrogen (secondary N) is 1. The molecule has 0 saturated carbocycles. The summed E-state index contributed by atoms with van der Waals surface area (Å²) < 4.78 is 11.1. The van der Waals surface area contributed by atoms with Crippen molar-refractivity contribution in [2.24, 2.45) is 5.10 Å². The Hall–Kier alpha value is -2.54. The number of hydrogen-bond donors (Lipinski definition) is 2. The molecule has 2 N–H and O–H groups in total. The number of halogens is 1. The van der Waals surface area contributed by atoms with Crippen LogP contribution < -0.4 is 14.9 Å². The zero-order valence-corrected chi connectivity index (χ0v) is 15.0. The second-order valence-corrected chi connectivity index (χ2v) is 5.76. The summed E-state index contributed by atoms with van der Waals surface area (Å²) in [7, 11) is 2.92. The van der Waals surface area contributed by atoms with Gasteiger partial charge >= 0.3 is 0 Å². The third kappa shape index (κ3) is 3.86. The Morgan fingerprint density at radius 2 is 1.79 bits per heavy atom. The molecule has 24 heavy (non-hydrogen) atoms. The minimum atomic E-state index is -0.346. The molecule has 2 aromatic rings. The summed E-state index contributed by atoms with van der Waals surface area (Å²) in [4.78, 5) is 12.1. The second kappa shape index (κ2) is 7.83. The predicted molar refractivity (Wildman–Crippen MR) is 95.0 cm³/mol. The number of ether oxygens (including phenoxy) is 2. The lowest BCUT2D eigenvalue weighted by atomic mass is 10.1. The number of benzene rings is 2. The maximum atomic E-state index is 12.1. The van der Waals surface area contributed by atoms with Crippen molar-refractivity contribution in [3.63, 3.8) is 0 Å². The first-order valence-electron chi connectivity index (χ1n) is 7.02. The summed E-state index contributed by atoms with van der Waals surface area (Å²) in [6, 6.07) is 10.2. The van der Waals surface area contributed by atoms with Crippen LogP contribution >= 0.6 is 15.9 Å². The molecule has 0 atom stereocenters. The van der Waals surface area contributed by atoms with Crippen molar-refractivity contribution in [2.75, 3.05) is 14.2 Å². The maximum Gasteiger partial charge on any atom is 0.271 e. The highest BCUT2D eigenvalue weighted by Gasteiger charge is 2.16. The van der Waals surface area contributed by atoms with E-state index in [4.69, 9.17) is 9.47 Å². The Labute approximate surface area is 148 Å². The number of carbonyl (C=O) groups excluding carboxylic acids is 1. The van der Waals surface area contributed by atoms with Crippen molar-refractivity contribution < 1.29 is 19.4 Å². The Morgan fingerprint density at radius 1 is 1.12 bits per heavy atom. The van der Waals surface area contributed by atoms with E-state index in [2.05, 4.69) is 26.5 Å². The first-order valence-corrected chi connectivity index (χ1v) is 7.81. The number of hydrazone groups is 1. The van der Waals surface area contributed by atoms with Crippen LogP contribution in [0.5, 0.6) is 17.2 Å². The minimum Gasteiger partial charge on any atom is -0.504 e. The number of hydrogen-bond acceptors (Lipinski definition) is 5.